The van der Waals surface area contributed by atoms with Crippen LogP contribution >= 0.6 is 0 Å². The van der Waals surface area contributed by atoms with Crippen LogP contribution in [-0.4, -0.2) is 91.9 Å². The van der Waals surface area contributed by atoms with Crippen LogP contribution < -0.4 is 15.5 Å². The summed E-state index contributed by atoms with van der Waals surface area (Å²) in [5, 5.41) is 14.8. The first-order chi connectivity index (χ1) is 16.6. The van der Waals surface area contributed by atoms with E-state index in [0.717, 1.165) is 57.9 Å². The molecule has 3 fully saturated rings. The highest BCUT2D eigenvalue weighted by atomic mass is 16.1. The fourth-order valence-corrected chi connectivity index (χ4v) is 5.46. The van der Waals surface area contributed by atoms with Gasteiger partial charge in [0.05, 0.1) is 0 Å². The topological polar surface area (TPSA) is 87.6 Å². The molecule has 0 aromatic carbocycles. The fraction of sp³-hybridized carbons (Fsp3) is 0.731. The number of hydrogen-bond acceptors (Lipinski definition) is 7. The number of carbonyl (C=O) groups is 1. The normalized spacial score (nSPS) is 21.1. The van der Waals surface area contributed by atoms with Gasteiger partial charge in [-0.15, -0.1) is 0 Å². The molecular formula is C26H43N7O. The van der Waals surface area contributed by atoms with Crippen LogP contribution in [0.5, 0.6) is 0 Å². The molecule has 4 heterocycles. The van der Waals surface area contributed by atoms with Crippen molar-refractivity contribution in [3.8, 4) is 0 Å². The number of hydrogen-bond donors (Lipinski definition) is 3. The van der Waals surface area contributed by atoms with Crippen LogP contribution in [0.15, 0.2) is 12.1 Å². The molecule has 3 aliphatic heterocycles. The van der Waals surface area contributed by atoms with Crippen molar-refractivity contribution in [2.24, 2.45) is 0 Å². The molecule has 1 aromatic rings. The minimum atomic E-state index is -0.298. The number of likely N-dealkylation sites (tertiary alicyclic amines) is 2. The van der Waals surface area contributed by atoms with Crippen molar-refractivity contribution >= 4 is 23.3 Å². The standard InChI is InChI=1S/C26H43N7O/c1-28-25-22(9-10-23(30-25)33-15-5-3-2-4-6-16-33)24(27)26(34)29-21-11-17-32(18-12-21)20-19-31-13-7-8-14-31/h9-10,21,27H,2-8,11-20H2,1H3,(H,28,30)(H,29,34). The molecule has 0 atom stereocenters. The molecule has 0 spiro atoms. The lowest BCUT2D eigenvalue weighted by Gasteiger charge is -2.33. The van der Waals surface area contributed by atoms with E-state index in [1.165, 1.54) is 58.0 Å². The predicted molar refractivity (Wildman–Crippen MR) is 139 cm³/mol. The van der Waals surface area contributed by atoms with E-state index in [9.17, 15) is 4.79 Å². The van der Waals surface area contributed by atoms with Gasteiger partial charge in [0.2, 0.25) is 0 Å². The Balaban J connectivity index is 1.28. The Morgan fingerprint density at radius 3 is 2.15 bits per heavy atom. The summed E-state index contributed by atoms with van der Waals surface area (Å²) in [6.45, 7) is 8.84. The summed E-state index contributed by atoms with van der Waals surface area (Å²) in [6.07, 6.45) is 10.8. The highest BCUT2D eigenvalue weighted by Crippen LogP contribution is 2.22. The number of nitrogens with one attached hydrogen (secondary N) is 3. The predicted octanol–water partition coefficient (Wildman–Crippen LogP) is 2.94. The van der Waals surface area contributed by atoms with Crippen LogP contribution in [0.2, 0.25) is 0 Å². The van der Waals surface area contributed by atoms with Crippen LogP contribution in [0.1, 0.15) is 63.4 Å². The smallest absolute Gasteiger partial charge is 0.270 e. The summed E-state index contributed by atoms with van der Waals surface area (Å²) in [5.41, 5.74) is 0.561. The number of pyridine rings is 1. The Hall–Kier alpha value is -2.19. The zero-order chi connectivity index (χ0) is 23.8. The van der Waals surface area contributed by atoms with Crippen LogP contribution in [-0.2, 0) is 4.79 Å². The van der Waals surface area contributed by atoms with Gasteiger partial charge < -0.3 is 25.3 Å². The minimum Gasteiger partial charge on any atom is -0.373 e. The average Bonchev–Trinajstić information content (AvgIpc) is 3.36. The van der Waals surface area contributed by atoms with Crippen LogP contribution in [0.3, 0.4) is 0 Å². The maximum atomic E-state index is 12.9. The first-order valence-electron chi connectivity index (χ1n) is 13.4. The molecule has 1 amide bonds. The van der Waals surface area contributed by atoms with Gasteiger partial charge >= 0.3 is 0 Å². The first-order valence-corrected chi connectivity index (χ1v) is 13.4. The van der Waals surface area contributed by atoms with Crippen molar-refractivity contribution in [1.29, 1.82) is 5.41 Å². The van der Waals surface area contributed by atoms with Gasteiger partial charge in [-0.3, -0.25) is 10.2 Å². The SMILES string of the molecule is CNc1nc(N2CCCCCCC2)ccc1C(=N)C(=O)NC1CCN(CCN2CCCC2)CC1. The van der Waals surface area contributed by atoms with Gasteiger partial charge in [0.15, 0.2) is 0 Å². The molecule has 8 heteroatoms. The second-order valence-corrected chi connectivity index (χ2v) is 10.1. The minimum absolute atomic E-state index is 0.00692. The van der Waals surface area contributed by atoms with E-state index in [1.807, 2.05) is 19.2 Å². The number of piperidine rings is 1. The summed E-state index contributed by atoms with van der Waals surface area (Å²) in [7, 11) is 1.81. The molecule has 3 saturated heterocycles. The van der Waals surface area contributed by atoms with E-state index in [0.29, 0.717) is 11.4 Å². The van der Waals surface area contributed by atoms with E-state index < -0.39 is 0 Å². The maximum absolute atomic E-state index is 12.9. The Bertz CT molecular complexity index is 807. The average molecular weight is 470 g/mol. The number of aromatic nitrogens is 1. The molecule has 0 bridgehead atoms. The highest BCUT2D eigenvalue weighted by Gasteiger charge is 2.25. The van der Waals surface area contributed by atoms with Crippen molar-refractivity contribution in [2.75, 3.05) is 69.6 Å². The van der Waals surface area contributed by atoms with Gasteiger partial charge in [-0.1, -0.05) is 19.3 Å². The molecule has 0 aliphatic carbocycles. The summed E-state index contributed by atoms with van der Waals surface area (Å²) in [5.74, 6) is 1.24. The molecule has 4 rings (SSSR count). The fourth-order valence-electron chi connectivity index (χ4n) is 5.46. The number of nitrogens with zero attached hydrogens (tertiary/aromatic N) is 4. The van der Waals surface area contributed by atoms with Crippen LogP contribution in [0, 0.1) is 5.41 Å². The third-order valence-electron chi connectivity index (χ3n) is 7.65. The van der Waals surface area contributed by atoms with Gasteiger partial charge in [0.1, 0.15) is 17.3 Å². The third kappa shape index (κ3) is 6.69. The molecule has 34 heavy (non-hydrogen) atoms. The third-order valence-corrected chi connectivity index (χ3v) is 7.65. The van der Waals surface area contributed by atoms with Gasteiger partial charge in [-0.2, -0.15) is 0 Å². The Labute approximate surface area is 205 Å². The zero-order valence-electron chi connectivity index (χ0n) is 20.9. The number of amides is 1. The van der Waals surface area contributed by atoms with Crippen molar-refractivity contribution < 1.29 is 4.79 Å². The summed E-state index contributed by atoms with van der Waals surface area (Å²) in [4.78, 5) is 25.1. The summed E-state index contributed by atoms with van der Waals surface area (Å²) >= 11 is 0. The lowest BCUT2D eigenvalue weighted by atomic mass is 10.0. The molecule has 1 aromatic heterocycles. The van der Waals surface area contributed by atoms with E-state index in [1.54, 1.807) is 0 Å². The second-order valence-electron chi connectivity index (χ2n) is 10.1. The van der Waals surface area contributed by atoms with E-state index in [4.69, 9.17) is 10.4 Å². The number of anilines is 2. The molecule has 0 radical (unpaired) electrons. The Morgan fingerprint density at radius 1 is 0.912 bits per heavy atom. The molecule has 188 valence electrons. The monoisotopic (exact) mass is 469 g/mol. The molecule has 0 unspecified atom stereocenters. The zero-order valence-corrected chi connectivity index (χ0v) is 20.9. The van der Waals surface area contributed by atoms with Crippen LogP contribution in [0.25, 0.3) is 0 Å². The van der Waals surface area contributed by atoms with Crippen molar-refractivity contribution in [3.63, 3.8) is 0 Å². The van der Waals surface area contributed by atoms with E-state index in [-0.39, 0.29) is 17.7 Å². The number of carbonyl (C=O) groups excluding carboxylic acids is 1. The summed E-state index contributed by atoms with van der Waals surface area (Å²) < 4.78 is 0. The van der Waals surface area contributed by atoms with E-state index >= 15 is 0 Å². The van der Waals surface area contributed by atoms with Gasteiger partial charge in [0.25, 0.3) is 5.91 Å². The molecule has 8 nitrogen and oxygen atoms in total. The van der Waals surface area contributed by atoms with Crippen molar-refractivity contribution in [2.45, 2.75) is 63.8 Å². The van der Waals surface area contributed by atoms with Crippen LogP contribution in [0.4, 0.5) is 11.6 Å². The molecule has 3 aliphatic rings. The lowest BCUT2D eigenvalue weighted by molar-refractivity contribution is -0.115. The van der Waals surface area contributed by atoms with Gasteiger partial charge in [0, 0.05) is 57.9 Å². The van der Waals surface area contributed by atoms with Crippen molar-refractivity contribution in [1.82, 2.24) is 20.1 Å². The number of rotatable bonds is 8. The van der Waals surface area contributed by atoms with Crippen molar-refractivity contribution in [3.05, 3.63) is 17.7 Å². The largest absolute Gasteiger partial charge is 0.373 e. The second kappa shape index (κ2) is 12.5. The van der Waals surface area contributed by atoms with E-state index in [2.05, 4.69) is 25.3 Å². The van der Waals surface area contributed by atoms with Gasteiger partial charge in [-0.25, -0.2) is 4.98 Å². The Kier molecular flexibility index (Phi) is 9.16. The molecule has 3 N–H and O–H groups in total. The van der Waals surface area contributed by atoms with Gasteiger partial charge in [-0.05, 0) is 63.7 Å². The highest BCUT2D eigenvalue weighted by molar-refractivity contribution is 6.45. The molecule has 0 saturated carbocycles. The maximum Gasteiger partial charge on any atom is 0.270 e. The Morgan fingerprint density at radius 2 is 1.50 bits per heavy atom. The summed E-state index contributed by atoms with van der Waals surface area (Å²) in [6, 6.07) is 4.00. The lowest BCUT2D eigenvalue weighted by Crippen LogP contribution is -2.47. The first kappa shape index (κ1) is 24.9. The molecular weight excluding hydrogens is 426 g/mol. The quantitative estimate of drug-likeness (QED) is 0.508.